The molecule has 0 unspecified atom stereocenters. The quantitative estimate of drug-likeness (QED) is 0.318. The van der Waals surface area contributed by atoms with Crippen LogP contribution >= 0.6 is 11.8 Å². The number of benzene rings is 1. The molecule has 32 heavy (non-hydrogen) atoms. The third kappa shape index (κ3) is 4.24. The molecule has 0 radical (unpaired) electrons. The van der Waals surface area contributed by atoms with E-state index in [2.05, 4.69) is 15.6 Å². The molecule has 8 nitrogen and oxygen atoms in total. The third-order valence-corrected chi connectivity index (χ3v) is 6.05. The van der Waals surface area contributed by atoms with E-state index in [-0.39, 0.29) is 17.4 Å². The molecule has 0 spiro atoms. The molecule has 0 fully saturated rings. The van der Waals surface area contributed by atoms with Crippen molar-refractivity contribution in [1.29, 1.82) is 0 Å². The molecular weight excluding hydrogens is 426 g/mol. The van der Waals surface area contributed by atoms with Crippen molar-refractivity contribution in [3.05, 3.63) is 77.3 Å². The Morgan fingerprint density at radius 3 is 2.56 bits per heavy atom. The van der Waals surface area contributed by atoms with Crippen LogP contribution in [0, 0.1) is 13.8 Å². The summed E-state index contributed by atoms with van der Waals surface area (Å²) in [6, 6.07) is 14.4. The second-order valence-corrected chi connectivity index (χ2v) is 8.11. The van der Waals surface area contributed by atoms with Crippen LogP contribution in [-0.4, -0.2) is 36.9 Å². The Morgan fingerprint density at radius 1 is 1.09 bits per heavy atom. The van der Waals surface area contributed by atoms with E-state index in [4.69, 9.17) is 4.42 Å². The Kier molecular flexibility index (Phi) is 6.27. The summed E-state index contributed by atoms with van der Waals surface area (Å²) in [4.78, 5) is 25.5. The first kappa shape index (κ1) is 21.6. The van der Waals surface area contributed by atoms with Gasteiger partial charge in [0.15, 0.2) is 22.5 Å². The molecule has 0 aliphatic heterocycles. The number of nitrogens with zero attached hydrogens (tertiary/aromatic N) is 4. The summed E-state index contributed by atoms with van der Waals surface area (Å²) in [5, 5.41) is 9.09. The zero-order valence-electron chi connectivity index (χ0n) is 18.0. The number of carbonyl (C=O) groups excluding carboxylic acids is 2. The number of aromatic nitrogens is 4. The molecule has 9 heteroatoms. The third-order valence-electron chi connectivity index (χ3n) is 5.09. The van der Waals surface area contributed by atoms with Crippen LogP contribution in [0.15, 0.2) is 64.4 Å². The molecule has 0 bridgehead atoms. The Hall–Kier alpha value is -3.59. The van der Waals surface area contributed by atoms with E-state index in [9.17, 15) is 9.59 Å². The van der Waals surface area contributed by atoms with Crippen molar-refractivity contribution in [3.63, 3.8) is 0 Å². The van der Waals surface area contributed by atoms with Crippen molar-refractivity contribution in [3.8, 4) is 11.6 Å². The summed E-state index contributed by atoms with van der Waals surface area (Å²) in [5.74, 6) is 1.19. The molecule has 0 aliphatic carbocycles. The van der Waals surface area contributed by atoms with Crippen LogP contribution < -0.4 is 5.43 Å². The fourth-order valence-corrected chi connectivity index (χ4v) is 4.33. The van der Waals surface area contributed by atoms with E-state index in [1.54, 1.807) is 35.2 Å². The van der Waals surface area contributed by atoms with Crippen LogP contribution in [0.4, 0.5) is 0 Å². The molecular formula is C23H23N5O3S. The van der Waals surface area contributed by atoms with Crippen molar-refractivity contribution in [2.24, 2.45) is 0 Å². The van der Waals surface area contributed by atoms with Crippen molar-refractivity contribution >= 4 is 23.5 Å². The Balaban J connectivity index is 1.48. The van der Waals surface area contributed by atoms with E-state index in [0.717, 1.165) is 5.69 Å². The molecule has 0 aliphatic rings. The van der Waals surface area contributed by atoms with E-state index >= 15 is 0 Å². The van der Waals surface area contributed by atoms with Crippen LogP contribution in [0.2, 0.25) is 0 Å². The highest BCUT2D eigenvalue weighted by molar-refractivity contribution is 7.99. The van der Waals surface area contributed by atoms with E-state index < -0.39 is 0 Å². The highest BCUT2D eigenvalue weighted by Crippen LogP contribution is 2.25. The number of amides is 1. The van der Waals surface area contributed by atoms with Crippen molar-refractivity contribution in [2.75, 3.05) is 11.2 Å². The summed E-state index contributed by atoms with van der Waals surface area (Å²) >= 11 is 1.33. The minimum atomic E-state index is -0.234. The van der Waals surface area contributed by atoms with Crippen LogP contribution in [0.3, 0.4) is 0 Å². The van der Waals surface area contributed by atoms with Crippen molar-refractivity contribution < 1.29 is 14.0 Å². The fraction of sp³-hybridized carbons (Fsp3) is 0.217. The highest BCUT2D eigenvalue weighted by Gasteiger charge is 2.20. The van der Waals surface area contributed by atoms with Gasteiger partial charge in [0.2, 0.25) is 0 Å². The average molecular weight is 450 g/mol. The monoisotopic (exact) mass is 449 g/mol. The largest absolute Gasteiger partial charge is 0.461 e. The van der Waals surface area contributed by atoms with E-state index in [1.165, 1.54) is 11.8 Å². The van der Waals surface area contributed by atoms with Gasteiger partial charge in [0, 0.05) is 29.1 Å². The number of thioether (sulfide) groups is 1. The van der Waals surface area contributed by atoms with Gasteiger partial charge in [-0.05, 0) is 51.1 Å². The second kappa shape index (κ2) is 9.27. The average Bonchev–Trinajstić information content (AvgIpc) is 3.53. The summed E-state index contributed by atoms with van der Waals surface area (Å²) in [7, 11) is 0. The Bertz CT molecular complexity index is 1240. The fourth-order valence-electron chi connectivity index (χ4n) is 3.45. The standard InChI is InChI=1S/C23H23N5O3S/c1-4-27-21(20-11-8-12-31-20)24-25-23(27)32-14-19(29)18-13-15(2)28(16(18)3)26-22(30)17-9-6-5-7-10-17/h5-13H,4,14H2,1-3H3,(H,26,30). The van der Waals surface area contributed by atoms with Crippen LogP contribution in [0.5, 0.6) is 0 Å². The molecule has 4 aromatic rings. The van der Waals surface area contributed by atoms with Gasteiger partial charge in [-0.25, -0.2) is 0 Å². The first-order chi connectivity index (χ1) is 15.5. The minimum Gasteiger partial charge on any atom is -0.461 e. The number of furan rings is 1. The minimum absolute atomic E-state index is 0.0477. The molecule has 4 rings (SSSR count). The summed E-state index contributed by atoms with van der Waals surface area (Å²) in [6.07, 6.45) is 1.59. The lowest BCUT2D eigenvalue weighted by molar-refractivity contribution is 0.0999. The molecule has 0 saturated carbocycles. The predicted molar refractivity (Wildman–Crippen MR) is 122 cm³/mol. The van der Waals surface area contributed by atoms with Crippen LogP contribution in [-0.2, 0) is 6.54 Å². The van der Waals surface area contributed by atoms with Crippen molar-refractivity contribution in [2.45, 2.75) is 32.5 Å². The molecule has 0 atom stereocenters. The molecule has 1 N–H and O–H groups in total. The first-order valence-electron chi connectivity index (χ1n) is 10.2. The smallest absolute Gasteiger partial charge is 0.270 e. The first-order valence-corrected chi connectivity index (χ1v) is 11.2. The molecule has 1 aromatic carbocycles. The zero-order valence-corrected chi connectivity index (χ0v) is 18.8. The predicted octanol–water partition coefficient (Wildman–Crippen LogP) is 4.34. The van der Waals surface area contributed by atoms with Gasteiger partial charge >= 0.3 is 0 Å². The van der Waals surface area contributed by atoms with Crippen molar-refractivity contribution in [1.82, 2.24) is 19.4 Å². The summed E-state index contributed by atoms with van der Waals surface area (Å²) < 4.78 is 9.00. The normalized spacial score (nSPS) is 11.0. The van der Waals surface area contributed by atoms with E-state index in [1.807, 2.05) is 49.6 Å². The maximum absolute atomic E-state index is 13.0. The summed E-state index contributed by atoms with van der Waals surface area (Å²) in [5.41, 5.74) is 5.44. The highest BCUT2D eigenvalue weighted by atomic mass is 32.2. The van der Waals surface area contributed by atoms with Gasteiger partial charge in [-0.3, -0.25) is 24.3 Å². The molecule has 1 amide bonds. The zero-order chi connectivity index (χ0) is 22.7. The van der Waals surface area contributed by atoms with Gasteiger partial charge in [-0.15, -0.1) is 10.2 Å². The van der Waals surface area contributed by atoms with Gasteiger partial charge in [-0.1, -0.05) is 30.0 Å². The molecule has 3 aromatic heterocycles. The van der Waals surface area contributed by atoms with Gasteiger partial charge in [0.05, 0.1) is 12.0 Å². The topological polar surface area (TPSA) is 95.0 Å². The molecule has 164 valence electrons. The molecule has 0 saturated heterocycles. The number of aryl methyl sites for hydroxylation is 1. The Morgan fingerprint density at radius 2 is 1.88 bits per heavy atom. The van der Waals surface area contributed by atoms with Gasteiger partial charge in [0.1, 0.15) is 0 Å². The number of ketones is 1. The lowest BCUT2D eigenvalue weighted by Gasteiger charge is -2.11. The SMILES string of the molecule is CCn1c(SCC(=O)c2cc(C)n(NC(=O)c3ccccc3)c2C)nnc1-c1ccco1. The second-order valence-electron chi connectivity index (χ2n) is 7.17. The number of hydrogen-bond donors (Lipinski definition) is 1. The van der Waals surface area contributed by atoms with E-state index in [0.29, 0.717) is 40.1 Å². The van der Waals surface area contributed by atoms with Crippen LogP contribution in [0.1, 0.15) is 39.0 Å². The number of carbonyl (C=O) groups is 2. The number of rotatable bonds is 8. The van der Waals surface area contributed by atoms with Gasteiger partial charge in [-0.2, -0.15) is 0 Å². The lowest BCUT2D eigenvalue weighted by atomic mass is 10.2. The number of hydrogen-bond acceptors (Lipinski definition) is 6. The number of nitrogens with one attached hydrogen (secondary N) is 1. The maximum Gasteiger partial charge on any atom is 0.270 e. The van der Waals surface area contributed by atoms with Gasteiger partial charge < -0.3 is 4.42 Å². The number of Topliss-reactive ketones (excluding diaryl/α,β-unsaturated/α-hetero) is 1. The summed E-state index contributed by atoms with van der Waals surface area (Å²) in [6.45, 7) is 6.32. The molecule has 3 heterocycles. The van der Waals surface area contributed by atoms with Gasteiger partial charge in [0.25, 0.3) is 5.91 Å². The van der Waals surface area contributed by atoms with Crippen LogP contribution in [0.25, 0.3) is 11.6 Å². The lowest BCUT2D eigenvalue weighted by Crippen LogP contribution is -2.25. The Labute approximate surface area is 189 Å². The maximum atomic E-state index is 13.0.